The van der Waals surface area contributed by atoms with E-state index in [0.717, 1.165) is 23.2 Å². The standard InChI is InChI=1S/C27H34ClN2/c1-29-21-24(20-23-15-7-9-17-26(23)29)30(27-18-10-8-16-25(27)28)19-11-3-6-14-22-12-4-2-5-13-22/h7-10,15-18,20-22H,2-6,11-14,19H2,1H3/q+1. The number of aromatic nitrogens is 1. The molecule has 0 bridgehead atoms. The zero-order valence-corrected chi connectivity index (χ0v) is 19.0. The normalized spacial score (nSPS) is 14.9. The number of halogens is 1. The predicted molar refractivity (Wildman–Crippen MR) is 129 cm³/mol. The first-order valence-electron chi connectivity index (χ1n) is 11.6. The molecule has 0 N–H and O–H groups in total. The Morgan fingerprint density at radius 2 is 1.70 bits per heavy atom. The molecule has 1 aromatic heterocycles. The number of hydrogen-bond donors (Lipinski definition) is 0. The molecule has 2 aromatic carbocycles. The Balaban J connectivity index is 1.48. The third-order valence-corrected chi connectivity index (χ3v) is 6.94. The highest BCUT2D eigenvalue weighted by atomic mass is 35.5. The van der Waals surface area contributed by atoms with Crippen LogP contribution in [0.3, 0.4) is 0 Å². The van der Waals surface area contributed by atoms with Gasteiger partial charge in [-0.15, -0.1) is 0 Å². The Labute approximate surface area is 186 Å². The van der Waals surface area contributed by atoms with Crippen molar-refractivity contribution in [1.82, 2.24) is 0 Å². The van der Waals surface area contributed by atoms with Crippen molar-refractivity contribution in [3.05, 3.63) is 65.8 Å². The molecule has 1 aliphatic rings. The average Bonchev–Trinajstić information content (AvgIpc) is 2.78. The SMILES string of the molecule is C[n+]1cc(N(CCCCCC2CCCCC2)c2ccccc2Cl)cc2ccccc21. The number of pyridine rings is 1. The number of aryl methyl sites for hydroxylation is 1. The lowest BCUT2D eigenvalue weighted by Gasteiger charge is -2.25. The summed E-state index contributed by atoms with van der Waals surface area (Å²) in [5.41, 5.74) is 3.55. The van der Waals surface area contributed by atoms with E-state index in [1.54, 1.807) is 0 Å². The van der Waals surface area contributed by atoms with Gasteiger partial charge in [-0.1, -0.05) is 87.2 Å². The number of unbranched alkanes of at least 4 members (excludes halogenated alkanes) is 2. The van der Waals surface area contributed by atoms with Crippen LogP contribution < -0.4 is 9.47 Å². The molecule has 1 aliphatic carbocycles. The van der Waals surface area contributed by atoms with Gasteiger partial charge in [0.1, 0.15) is 12.7 Å². The van der Waals surface area contributed by atoms with Gasteiger partial charge >= 0.3 is 0 Å². The summed E-state index contributed by atoms with van der Waals surface area (Å²) in [6.07, 6.45) is 14.7. The monoisotopic (exact) mass is 421 g/mol. The highest BCUT2D eigenvalue weighted by Crippen LogP contribution is 2.33. The van der Waals surface area contributed by atoms with Crippen LogP contribution in [0.4, 0.5) is 11.4 Å². The summed E-state index contributed by atoms with van der Waals surface area (Å²) in [7, 11) is 2.13. The number of nitrogens with zero attached hydrogens (tertiary/aromatic N) is 2. The molecule has 158 valence electrons. The number of fused-ring (bicyclic) bond motifs is 1. The molecule has 0 saturated heterocycles. The lowest BCUT2D eigenvalue weighted by molar-refractivity contribution is -0.644. The molecule has 0 aliphatic heterocycles. The first kappa shape index (κ1) is 21.2. The van der Waals surface area contributed by atoms with Gasteiger partial charge in [0.05, 0.1) is 10.7 Å². The van der Waals surface area contributed by atoms with Crippen molar-refractivity contribution in [3.63, 3.8) is 0 Å². The van der Waals surface area contributed by atoms with E-state index in [9.17, 15) is 0 Å². The summed E-state index contributed by atoms with van der Waals surface area (Å²) < 4.78 is 2.22. The summed E-state index contributed by atoms with van der Waals surface area (Å²) in [5, 5.41) is 2.07. The molecule has 0 unspecified atom stereocenters. The van der Waals surface area contributed by atoms with Crippen molar-refractivity contribution in [2.24, 2.45) is 13.0 Å². The van der Waals surface area contributed by atoms with Crippen molar-refractivity contribution < 1.29 is 4.57 Å². The van der Waals surface area contributed by atoms with Gasteiger partial charge in [-0.3, -0.25) is 0 Å². The molecule has 0 spiro atoms. The maximum absolute atomic E-state index is 6.62. The molecule has 3 heteroatoms. The van der Waals surface area contributed by atoms with Gasteiger partial charge in [-0.05, 0) is 36.6 Å². The second-order valence-electron chi connectivity index (χ2n) is 8.82. The summed E-state index contributed by atoms with van der Waals surface area (Å²) >= 11 is 6.62. The third kappa shape index (κ3) is 5.16. The molecule has 2 nitrogen and oxygen atoms in total. The van der Waals surface area contributed by atoms with Crippen molar-refractivity contribution in [2.45, 2.75) is 57.8 Å². The number of benzene rings is 2. The molecule has 1 fully saturated rings. The maximum atomic E-state index is 6.62. The molecule has 0 radical (unpaired) electrons. The zero-order chi connectivity index (χ0) is 20.8. The van der Waals surface area contributed by atoms with Gasteiger partial charge in [-0.25, -0.2) is 0 Å². The van der Waals surface area contributed by atoms with Crippen LogP contribution in [-0.4, -0.2) is 6.54 Å². The second kappa shape index (κ2) is 10.3. The van der Waals surface area contributed by atoms with Gasteiger partial charge in [-0.2, -0.15) is 4.57 Å². The van der Waals surface area contributed by atoms with E-state index in [0.29, 0.717) is 0 Å². The summed E-state index contributed by atoms with van der Waals surface area (Å²) in [4.78, 5) is 2.40. The maximum Gasteiger partial charge on any atom is 0.212 e. The van der Waals surface area contributed by atoms with Crippen molar-refractivity contribution in [3.8, 4) is 0 Å². The number of rotatable bonds is 8. The van der Waals surface area contributed by atoms with Crippen LogP contribution in [0.2, 0.25) is 5.02 Å². The molecular weight excluding hydrogens is 388 g/mol. The van der Waals surface area contributed by atoms with Crippen LogP contribution in [0, 0.1) is 5.92 Å². The minimum atomic E-state index is 0.815. The zero-order valence-electron chi connectivity index (χ0n) is 18.2. The summed E-state index contributed by atoms with van der Waals surface area (Å²) in [5.74, 6) is 0.984. The van der Waals surface area contributed by atoms with Crippen LogP contribution in [0.25, 0.3) is 10.9 Å². The van der Waals surface area contributed by atoms with Gasteiger partial charge in [0.15, 0.2) is 6.20 Å². The first-order valence-corrected chi connectivity index (χ1v) is 12.0. The summed E-state index contributed by atoms with van der Waals surface area (Å²) in [6.45, 7) is 0.993. The fraction of sp³-hybridized carbons (Fsp3) is 0.444. The largest absolute Gasteiger partial charge is 0.335 e. The van der Waals surface area contributed by atoms with Crippen LogP contribution >= 0.6 is 11.6 Å². The first-order chi connectivity index (χ1) is 14.7. The Kier molecular flexibility index (Phi) is 7.28. The van der Waals surface area contributed by atoms with Crippen molar-refractivity contribution in [1.29, 1.82) is 0 Å². The van der Waals surface area contributed by atoms with Crippen molar-refractivity contribution in [2.75, 3.05) is 11.4 Å². The lowest BCUT2D eigenvalue weighted by atomic mass is 9.85. The molecule has 0 atom stereocenters. The quantitative estimate of drug-likeness (QED) is 0.268. The molecular formula is C27H34ClN2+. The Morgan fingerprint density at radius 1 is 0.933 bits per heavy atom. The predicted octanol–water partition coefficient (Wildman–Crippen LogP) is 7.60. The third-order valence-electron chi connectivity index (χ3n) is 6.62. The second-order valence-corrected chi connectivity index (χ2v) is 9.23. The molecule has 1 saturated carbocycles. The molecule has 30 heavy (non-hydrogen) atoms. The van der Waals surface area contributed by atoms with E-state index in [2.05, 4.69) is 65.2 Å². The van der Waals surface area contributed by atoms with Crippen LogP contribution in [0.1, 0.15) is 57.8 Å². The Bertz CT molecular complexity index is 962. The fourth-order valence-corrected chi connectivity index (χ4v) is 5.20. The fourth-order valence-electron chi connectivity index (χ4n) is 4.96. The van der Waals surface area contributed by atoms with E-state index in [1.807, 2.05) is 12.1 Å². The average molecular weight is 422 g/mol. The van der Waals surface area contributed by atoms with Gasteiger partial charge < -0.3 is 4.90 Å². The lowest BCUT2D eigenvalue weighted by Crippen LogP contribution is -2.31. The number of hydrogen-bond acceptors (Lipinski definition) is 1. The van der Waals surface area contributed by atoms with Crippen LogP contribution in [0.5, 0.6) is 0 Å². The van der Waals surface area contributed by atoms with E-state index in [-0.39, 0.29) is 0 Å². The Morgan fingerprint density at radius 3 is 2.53 bits per heavy atom. The highest BCUT2D eigenvalue weighted by Gasteiger charge is 2.18. The molecule has 1 heterocycles. The van der Waals surface area contributed by atoms with Gasteiger partial charge in [0.25, 0.3) is 0 Å². The van der Waals surface area contributed by atoms with Gasteiger partial charge in [0, 0.05) is 18.0 Å². The number of anilines is 2. The van der Waals surface area contributed by atoms with Crippen LogP contribution in [0.15, 0.2) is 60.8 Å². The van der Waals surface area contributed by atoms with E-state index in [4.69, 9.17) is 11.6 Å². The minimum Gasteiger partial charge on any atom is -0.335 e. The van der Waals surface area contributed by atoms with E-state index in [1.165, 1.54) is 74.4 Å². The number of para-hydroxylation sites is 2. The van der Waals surface area contributed by atoms with E-state index < -0.39 is 0 Å². The highest BCUT2D eigenvalue weighted by molar-refractivity contribution is 6.33. The van der Waals surface area contributed by atoms with E-state index >= 15 is 0 Å². The van der Waals surface area contributed by atoms with Crippen LogP contribution in [-0.2, 0) is 7.05 Å². The smallest absolute Gasteiger partial charge is 0.212 e. The topological polar surface area (TPSA) is 7.12 Å². The molecule has 0 amide bonds. The van der Waals surface area contributed by atoms with Gasteiger partial charge in [0.2, 0.25) is 5.52 Å². The van der Waals surface area contributed by atoms with Crippen molar-refractivity contribution >= 4 is 33.9 Å². The molecule has 4 rings (SSSR count). The Hall–Kier alpha value is -2.06. The summed E-state index contributed by atoms with van der Waals surface area (Å²) in [6, 6.07) is 19.1. The molecule has 3 aromatic rings. The minimum absolute atomic E-state index is 0.815.